The Morgan fingerprint density at radius 2 is 2.23 bits per heavy atom. The van der Waals surface area contributed by atoms with Crippen LogP contribution in [0.4, 0.5) is 0 Å². The quantitative estimate of drug-likeness (QED) is 0.644. The van der Waals surface area contributed by atoms with E-state index in [1.165, 1.54) is 5.56 Å². The van der Waals surface area contributed by atoms with Gasteiger partial charge in [-0.3, -0.25) is 0 Å². The predicted molar refractivity (Wildman–Crippen MR) is 56.4 cm³/mol. The summed E-state index contributed by atoms with van der Waals surface area (Å²) < 4.78 is 1.81. The van der Waals surface area contributed by atoms with Crippen molar-refractivity contribution in [1.82, 2.24) is 9.78 Å². The molecule has 1 aromatic rings. The van der Waals surface area contributed by atoms with E-state index in [1.54, 1.807) is 6.08 Å². The van der Waals surface area contributed by atoms with Crippen molar-refractivity contribution >= 4 is 5.70 Å². The van der Waals surface area contributed by atoms with Gasteiger partial charge in [0, 0.05) is 5.69 Å². The fourth-order valence-corrected chi connectivity index (χ4v) is 1.03. The average Bonchev–Trinajstić information content (AvgIpc) is 2.44. The summed E-state index contributed by atoms with van der Waals surface area (Å²) in [4.78, 5) is 0. The van der Waals surface area contributed by atoms with Crippen molar-refractivity contribution in [1.29, 1.82) is 0 Å². The average molecular weight is 174 g/mol. The number of aryl methyl sites for hydroxylation is 1. The van der Waals surface area contributed by atoms with Crippen LogP contribution in [0, 0.1) is 13.8 Å². The highest BCUT2D eigenvalue weighted by Gasteiger charge is 2.01. The minimum Gasteiger partial charge on any atom is -0.238 e. The Morgan fingerprint density at radius 3 is 2.69 bits per heavy atom. The summed E-state index contributed by atoms with van der Waals surface area (Å²) in [5.74, 6) is 0. The highest BCUT2D eigenvalue weighted by molar-refractivity contribution is 5.55. The molecule has 0 N–H and O–H groups in total. The summed E-state index contributed by atoms with van der Waals surface area (Å²) in [5.41, 5.74) is 3.15. The van der Waals surface area contributed by atoms with E-state index in [9.17, 15) is 0 Å². The first-order valence-electron chi connectivity index (χ1n) is 4.16. The second-order valence-electron chi connectivity index (χ2n) is 2.91. The van der Waals surface area contributed by atoms with Gasteiger partial charge in [-0.1, -0.05) is 25.3 Å². The summed E-state index contributed by atoms with van der Waals surface area (Å²) in [6, 6.07) is 0. The number of hydrogen-bond acceptors (Lipinski definition) is 1. The van der Waals surface area contributed by atoms with Crippen molar-refractivity contribution in [3.63, 3.8) is 0 Å². The van der Waals surface area contributed by atoms with Crippen LogP contribution in [0.3, 0.4) is 0 Å². The van der Waals surface area contributed by atoms with E-state index >= 15 is 0 Å². The maximum atomic E-state index is 4.20. The van der Waals surface area contributed by atoms with Crippen molar-refractivity contribution in [2.24, 2.45) is 0 Å². The summed E-state index contributed by atoms with van der Waals surface area (Å²) in [6.07, 6.45) is 7.28. The second-order valence-corrected chi connectivity index (χ2v) is 2.91. The van der Waals surface area contributed by atoms with Crippen LogP contribution in [0.1, 0.15) is 11.3 Å². The number of nitrogens with zero attached hydrogens (tertiary/aromatic N) is 2. The number of hydrogen-bond donors (Lipinski definition) is 0. The molecule has 0 atom stereocenters. The van der Waals surface area contributed by atoms with Gasteiger partial charge in [-0.25, -0.2) is 4.68 Å². The van der Waals surface area contributed by atoms with Crippen molar-refractivity contribution in [3.8, 4) is 0 Å². The van der Waals surface area contributed by atoms with Crippen LogP contribution in [-0.4, -0.2) is 9.78 Å². The highest BCUT2D eigenvalue weighted by atomic mass is 15.3. The predicted octanol–water partition coefficient (Wildman–Crippen LogP) is 2.71. The van der Waals surface area contributed by atoms with E-state index in [1.807, 2.05) is 36.9 Å². The van der Waals surface area contributed by atoms with Gasteiger partial charge in [-0.15, -0.1) is 0 Å². The Bertz CT molecular complexity index is 356. The lowest BCUT2D eigenvalue weighted by Gasteiger charge is -2.02. The molecule has 0 amide bonds. The molecule has 2 heteroatoms. The molecule has 13 heavy (non-hydrogen) atoms. The van der Waals surface area contributed by atoms with Crippen LogP contribution in [0.2, 0.25) is 0 Å². The Labute approximate surface area is 78.9 Å². The summed E-state index contributed by atoms with van der Waals surface area (Å²) in [5, 5.41) is 4.20. The molecule has 0 aromatic carbocycles. The molecule has 0 unspecified atom stereocenters. The third kappa shape index (κ3) is 1.96. The van der Waals surface area contributed by atoms with Gasteiger partial charge < -0.3 is 0 Å². The molecule has 0 bridgehead atoms. The largest absolute Gasteiger partial charge is 0.238 e. The molecule has 1 aromatic heterocycles. The van der Waals surface area contributed by atoms with Gasteiger partial charge in [0.1, 0.15) is 0 Å². The zero-order valence-corrected chi connectivity index (χ0v) is 8.12. The topological polar surface area (TPSA) is 17.8 Å². The fraction of sp³-hybridized carbons (Fsp3) is 0.182. The monoisotopic (exact) mass is 174 g/mol. The molecule has 0 aliphatic rings. The van der Waals surface area contributed by atoms with E-state index in [4.69, 9.17) is 0 Å². The fourth-order valence-electron chi connectivity index (χ4n) is 1.03. The van der Waals surface area contributed by atoms with E-state index in [2.05, 4.69) is 18.3 Å². The first kappa shape index (κ1) is 9.52. The lowest BCUT2D eigenvalue weighted by atomic mass is 10.3. The first-order valence-corrected chi connectivity index (χ1v) is 4.16. The molecule has 1 rings (SSSR count). The van der Waals surface area contributed by atoms with Gasteiger partial charge >= 0.3 is 0 Å². The maximum absolute atomic E-state index is 4.20. The van der Waals surface area contributed by atoms with E-state index in [0.717, 1.165) is 11.4 Å². The minimum absolute atomic E-state index is 0.852. The lowest BCUT2D eigenvalue weighted by Crippen LogP contribution is -1.97. The van der Waals surface area contributed by atoms with E-state index < -0.39 is 0 Å². The molecule has 0 saturated carbocycles. The first-order chi connectivity index (χ1) is 6.16. The van der Waals surface area contributed by atoms with Gasteiger partial charge in [-0.05, 0) is 25.5 Å². The van der Waals surface area contributed by atoms with Crippen LogP contribution >= 0.6 is 0 Å². The van der Waals surface area contributed by atoms with Crippen LogP contribution in [0.5, 0.6) is 0 Å². The lowest BCUT2D eigenvalue weighted by molar-refractivity contribution is 0.875. The molecular weight excluding hydrogens is 160 g/mol. The van der Waals surface area contributed by atoms with E-state index in [0.29, 0.717) is 0 Å². The zero-order valence-electron chi connectivity index (χ0n) is 8.12. The van der Waals surface area contributed by atoms with Crippen molar-refractivity contribution in [3.05, 3.63) is 48.8 Å². The van der Waals surface area contributed by atoms with Crippen molar-refractivity contribution in [2.75, 3.05) is 0 Å². The van der Waals surface area contributed by atoms with Crippen LogP contribution in [0.15, 0.2) is 37.6 Å². The molecule has 0 aliphatic heterocycles. The van der Waals surface area contributed by atoms with Crippen LogP contribution < -0.4 is 0 Å². The minimum atomic E-state index is 0.852. The third-order valence-corrected chi connectivity index (χ3v) is 1.95. The SMILES string of the molecule is C=C/C=C\C(=C)n1ncc(C)c1C. The smallest absolute Gasteiger partial charge is 0.0577 e. The number of aromatic nitrogens is 2. The van der Waals surface area contributed by atoms with Gasteiger partial charge in [0.2, 0.25) is 0 Å². The van der Waals surface area contributed by atoms with Crippen LogP contribution in [-0.2, 0) is 0 Å². The van der Waals surface area contributed by atoms with Crippen LogP contribution in [0.25, 0.3) is 5.70 Å². The molecule has 2 nitrogen and oxygen atoms in total. The number of rotatable bonds is 3. The van der Waals surface area contributed by atoms with Gasteiger partial charge in [-0.2, -0.15) is 5.10 Å². The highest BCUT2D eigenvalue weighted by Crippen LogP contribution is 2.10. The zero-order chi connectivity index (χ0) is 9.84. The van der Waals surface area contributed by atoms with Crippen molar-refractivity contribution < 1.29 is 0 Å². The standard InChI is InChI=1S/C11H14N2/c1-5-6-7-10(3)13-11(4)9(2)8-12-13/h5-8H,1,3H2,2,4H3/b7-6-. The Morgan fingerprint density at radius 1 is 1.54 bits per heavy atom. The Balaban J connectivity index is 2.95. The molecule has 0 spiro atoms. The molecule has 0 radical (unpaired) electrons. The molecular formula is C11H14N2. The summed E-state index contributed by atoms with van der Waals surface area (Å²) in [6.45, 7) is 11.6. The number of allylic oxidation sites excluding steroid dienone is 4. The molecule has 0 fully saturated rings. The van der Waals surface area contributed by atoms with Gasteiger partial charge in [0.05, 0.1) is 11.9 Å². The maximum Gasteiger partial charge on any atom is 0.0577 e. The molecule has 1 heterocycles. The van der Waals surface area contributed by atoms with Gasteiger partial charge in [0.15, 0.2) is 0 Å². The molecule has 0 saturated heterocycles. The normalized spacial score (nSPS) is 10.6. The third-order valence-electron chi connectivity index (χ3n) is 1.95. The van der Waals surface area contributed by atoms with Gasteiger partial charge in [0.25, 0.3) is 0 Å². The summed E-state index contributed by atoms with van der Waals surface area (Å²) in [7, 11) is 0. The molecule has 68 valence electrons. The van der Waals surface area contributed by atoms with E-state index in [-0.39, 0.29) is 0 Å². The molecule has 0 aliphatic carbocycles. The Hall–Kier alpha value is -1.57. The summed E-state index contributed by atoms with van der Waals surface area (Å²) >= 11 is 0. The van der Waals surface area contributed by atoms with Crippen molar-refractivity contribution in [2.45, 2.75) is 13.8 Å². The Kier molecular flexibility index (Phi) is 2.85. The second kappa shape index (κ2) is 3.90.